The van der Waals surface area contributed by atoms with Crippen molar-refractivity contribution in [1.29, 1.82) is 0 Å². The zero-order chi connectivity index (χ0) is 15.3. The molecule has 0 spiro atoms. The maximum atomic E-state index is 5.71. The molecule has 0 amide bonds. The van der Waals surface area contributed by atoms with Gasteiger partial charge in [-0.25, -0.2) is 0 Å². The lowest BCUT2D eigenvalue weighted by molar-refractivity contribution is 0.307. The predicted molar refractivity (Wildman–Crippen MR) is 106 cm³/mol. The van der Waals surface area contributed by atoms with Crippen molar-refractivity contribution in [3.8, 4) is 5.75 Å². The summed E-state index contributed by atoms with van der Waals surface area (Å²) in [6.07, 6.45) is 3.18. The number of aliphatic imine (C=N–C) groups is 1. The molecule has 0 unspecified atom stereocenters. The number of hydrogen-bond donors (Lipinski definition) is 2. The molecule has 1 aromatic carbocycles. The molecule has 0 aliphatic carbocycles. The lowest BCUT2D eigenvalue weighted by atomic mass is 10.2. The van der Waals surface area contributed by atoms with Crippen molar-refractivity contribution in [2.75, 3.05) is 26.2 Å². The Bertz CT molecular complexity index is 407. The fraction of sp³-hybridized carbons (Fsp3) is 0.588. The molecule has 1 aromatic rings. The fourth-order valence-electron chi connectivity index (χ4n) is 1.82. The fourth-order valence-corrected chi connectivity index (χ4v) is 1.82. The van der Waals surface area contributed by atoms with E-state index in [-0.39, 0.29) is 24.0 Å². The summed E-state index contributed by atoms with van der Waals surface area (Å²) in [7, 11) is 0. The smallest absolute Gasteiger partial charge is 0.191 e. The van der Waals surface area contributed by atoms with Gasteiger partial charge in [0.25, 0.3) is 0 Å². The van der Waals surface area contributed by atoms with Gasteiger partial charge in [0.05, 0.1) is 6.61 Å². The molecular weight excluding hydrogens is 389 g/mol. The largest absolute Gasteiger partial charge is 0.494 e. The molecule has 0 saturated carbocycles. The van der Waals surface area contributed by atoms with Gasteiger partial charge in [0.15, 0.2) is 5.96 Å². The summed E-state index contributed by atoms with van der Waals surface area (Å²) in [5.74, 6) is 1.87. The van der Waals surface area contributed by atoms with Gasteiger partial charge in [0.1, 0.15) is 5.75 Å². The summed E-state index contributed by atoms with van der Waals surface area (Å²) < 4.78 is 5.71. The minimum absolute atomic E-state index is 0. The van der Waals surface area contributed by atoms with Crippen LogP contribution in [0, 0.1) is 6.92 Å². The third-order valence-corrected chi connectivity index (χ3v) is 2.99. The number of nitrogens with zero attached hydrogens (tertiary/aromatic N) is 1. The summed E-state index contributed by atoms with van der Waals surface area (Å²) in [4.78, 5) is 4.47. The summed E-state index contributed by atoms with van der Waals surface area (Å²) in [6, 6.07) is 8.19. The van der Waals surface area contributed by atoms with Gasteiger partial charge in [0.2, 0.25) is 0 Å². The standard InChI is InChI=1S/C17H29N3O.HI/c1-4-12-19-17(18-5-2)20-13-6-7-14-21-16-10-8-15(3)9-11-16;/h8-11H,4-7,12-14H2,1-3H3,(H2,18,19,20);1H. The number of unbranched alkanes of at least 4 members (excludes halogenated alkanes) is 1. The van der Waals surface area contributed by atoms with Gasteiger partial charge in [-0.1, -0.05) is 24.6 Å². The Hall–Kier alpha value is -0.980. The van der Waals surface area contributed by atoms with Crippen LogP contribution in [0.3, 0.4) is 0 Å². The van der Waals surface area contributed by atoms with Crippen LogP contribution in [0.1, 0.15) is 38.7 Å². The third-order valence-electron chi connectivity index (χ3n) is 2.99. The molecule has 0 radical (unpaired) electrons. The van der Waals surface area contributed by atoms with Crippen LogP contribution in [0.25, 0.3) is 0 Å². The first kappa shape index (κ1) is 21.0. The van der Waals surface area contributed by atoms with Crippen LogP contribution in [-0.2, 0) is 0 Å². The number of nitrogens with one attached hydrogen (secondary N) is 2. The molecule has 2 N–H and O–H groups in total. The van der Waals surface area contributed by atoms with E-state index in [9.17, 15) is 0 Å². The Kier molecular flexibility index (Phi) is 13.1. The second kappa shape index (κ2) is 13.7. The van der Waals surface area contributed by atoms with Crippen molar-refractivity contribution in [1.82, 2.24) is 10.6 Å². The van der Waals surface area contributed by atoms with E-state index >= 15 is 0 Å². The van der Waals surface area contributed by atoms with Gasteiger partial charge >= 0.3 is 0 Å². The van der Waals surface area contributed by atoms with Crippen LogP contribution < -0.4 is 15.4 Å². The van der Waals surface area contributed by atoms with Crippen molar-refractivity contribution >= 4 is 29.9 Å². The first-order valence-electron chi connectivity index (χ1n) is 7.98. The maximum absolute atomic E-state index is 5.71. The van der Waals surface area contributed by atoms with Gasteiger partial charge in [0, 0.05) is 19.6 Å². The van der Waals surface area contributed by atoms with Crippen LogP contribution in [0.2, 0.25) is 0 Å². The summed E-state index contributed by atoms with van der Waals surface area (Å²) in [5, 5.41) is 6.59. The predicted octanol–water partition coefficient (Wildman–Crippen LogP) is 3.74. The Morgan fingerprint density at radius 2 is 1.82 bits per heavy atom. The number of rotatable bonds is 9. The van der Waals surface area contributed by atoms with E-state index in [2.05, 4.69) is 48.5 Å². The number of benzene rings is 1. The second-order valence-corrected chi connectivity index (χ2v) is 5.06. The maximum Gasteiger partial charge on any atom is 0.191 e. The van der Waals surface area contributed by atoms with Crippen molar-refractivity contribution in [3.05, 3.63) is 29.8 Å². The van der Waals surface area contributed by atoms with Gasteiger partial charge in [-0.15, -0.1) is 24.0 Å². The molecule has 0 saturated heterocycles. The van der Waals surface area contributed by atoms with Crippen LogP contribution in [-0.4, -0.2) is 32.2 Å². The molecule has 4 nitrogen and oxygen atoms in total. The third kappa shape index (κ3) is 9.87. The van der Waals surface area contributed by atoms with Crippen LogP contribution in [0.5, 0.6) is 5.75 Å². The van der Waals surface area contributed by atoms with E-state index < -0.39 is 0 Å². The van der Waals surface area contributed by atoms with Crippen molar-refractivity contribution in [3.63, 3.8) is 0 Å². The Morgan fingerprint density at radius 3 is 2.45 bits per heavy atom. The highest BCUT2D eigenvalue weighted by Crippen LogP contribution is 2.11. The Morgan fingerprint density at radius 1 is 1.09 bits per heavy atom. The van der Waals surface area contributed by atoms with Gasteiger partial charge < -0.3 is 15.4 Å². The summed E-state index contributed by atoms with van der Waals surface area (Å²) in [6.45, 7) is 9.74. The van der Waals surface area contributed by atoms with E-state index in [1.165, 1.54) is 5.56 Å². The Labute approximate surface area is 152 Å². The van der Waals surface area contributed by atoms with Gasteiger partial charge in [-0.2, -0.15) is 0 Å². The normalized spacial score (nSPS) is 10.8. The molecule has 0 aliphatic heterocycles. The van der Waals surface area contributed by atoms with Gasteiger partial charge in [-0.3, -0.25) is 4.99 Å². The average Bonchev–Trinajstić information content (AvgIpc) is 2.50. The highest BCUT2D eigenvalue weighted by Gasteiger charge is 1.97. The SMILES string of the molecule is CCCN=C(NCC)NCCCCOc1ccc(C)cc1.I. The lowest BCUT2D eigenvalue weighted by Gasteiger charge is -2.11. The lowest BCUT2D eigenvalue weighted by Crippen LogP contribution is -2.37. The number of guanidine groups is 1. The van der Waals surface area contributed by atoms with Crippen molar-refractivity contribution in [2.45, 2.75) is 40.0 Å². The van der Waals surface area contributed by atoms with Crippen LogP contribution in [0.4, 0.5) is 0 Å². The zero-order valence-electron chi connectivity index (χ0n) is 14.0. The molecule has 5 heteroatoms. The zero-order valence-corrected chi connectivity index (χ0v) is 16.4. The quantitative estimate of drug-likeness (QED) is 0.278. The van der Waals surface area contributed by atoms with E-state index in [0.29, 0.717) is 0 Å². The summed E-state index contributed by atoms with van der Waals surface area (Å²) in [5.41, 5.74) is 1.26. The first-order valence-corrected chi connectivity index (χ1v) is 7.98. The minimum Gasteiger partial charge on any atom is -0.494 e. The first-order chi connectivity index (χ1) is 10.3. The van der Waals surface area contributed by atoms with E-state index in [0.717, 1.165) is 57.2 Å². The van der Waals surface area contributed by atoms with E-state index in [1.54, 1.807) is 0 Å². The molecule has 0 aromatic heterocycles. The van der Waals surface area contributed by atoms with Crippen LogP contribution >= 0.6 is 24.0 Å². The molecular formula is C17H30IN3O. The molecule has 1 rings (SSSR count). The molecule has 126 valence electrons. The van der Waals surface area contributed by atoms with Crippen LogP contribution in [0.15, 0.2) is 29.3 Å². The van der Waals surface area contributed by atoms with E-state index in [1.807, 2.05) is 12.1 Å². The Balaban J connectivity index is 0.00000441. The minimum atomic E-state index is 0. The molecule has 0 heterocycles. The van der Waals surface area contributed by atoms with Crippen molar-refractivity contribution < 1.29 is 4.74 Å². The average molecular weight is 419 g/mol. The highest BCUT2D eigenvalue weighted by molar-refractivity contribution is 14.0. The topological polar surface area (TPSA) is 45.7 Å². The van der Waals surface area contributed by atoms with Gasteiger partial charge in [-0.05, 0) is 45.2 Å². The molecule has 0 atom stereocenters. The van der Waals surface area contributed by atoms with Crippen molar-refractivity contribution in [2.24, 2.45) is 4.99 Å². The highest BCUT2D eigenvalue weighted by atomic mass is 127. The number of aryl methyl sites for hydroxylation is 1. The molecule has 0 fully saturated rings. The molecule has 0 bridgehead atoms. The number of hydrogen-bond acceptors (Lipinski definition) is 2. The number of halogens is 1. The molecule has 0 aliphatic rings. The number of ether oxygens (including phenoxy) is 1. The van der Waals surface area contributed by atoms with E-state index in [4.69, 9.17) is 4.74 Å². The second-order valence-electron chi connectivity index (χ2n) is 5.06. The monoisotopic (exact) mass is 419 g/mol. The molecule has 22 heavy (non-hydrogen) atoms. The summed E-state index contributed by atoms with van der Waals surface area (Å²) >= 11 is 0.